The maximum atomic E-state index is 11.4. The molecule has 1 aliphatic heterocycles. The Morgan fingerprint density at radius 2 is 2.56 bits per heavy atom. The minimum absolute atomic E-state index is 0.0121. The van der Waals surface area contributed by atoms with Gasteiger partial charge in [-0.25, -0.2) is 4.39 Å². The fourth-order valence-corrected chi connectivity index (χ4v) is 0.870. The molecule has 3 heteroatoms. The molecule has 0 spiro atoms. The molecule has 1 heterocycles. The molecule has 1 N–H and O–H groups in total. The highest BCUT2D eigenvalue weighted by molar-refractivity contribution is 5.78. The van der Waals surface area contributed by atoms with Crippen LogP contribution in [0.2, 0.25) is 0 Å². The minimum atomic E-state index is -0.0671. The van der Waals surface area contributed by atoms with Crippen molar-refractivity contribution in [2.45, 2.75) is 18.9 Å². The molecule has 1 rings (SSSR count). The summed E-state index contributed by atoms with van der Waals surface area (Å²) in [6.45, 7) is 0. The smallest absolute Gasteiger partial charge is 0.220 e. The summed E-state index contributed by atoms with van der Waals surface area (Å²) in [5, 5.41) is 2.59. The van der Waals surface area contributed by atoms with Crippen LogP contribution in [0.5, 0.6) is 0 Å². The van der Waals surface area contributed by atoms with Crippen molar-refractivity contribution < 1.29 is 9.18 Å². The van der Waals surface area contributed by atoms with Gasteiger partial charge in [-0.1, -0.05) is 0 Å². The van der Waals surface area contributed by atoms with E-state index < -0.39 is 0 Å². The maximum absolute atomic E-state index is 11.4. The fourth-order valence-electron chi connectivity index (χ4n) is 0.870. The van der Waals surface area contributed by atoms with E-state index in [4.69, 9.17) is 0 Å². The van der Waals surface area contributed by atoms with E-state index in [9.17, 15) is 9.18 Å². The molecule has 0 aliphatic carbocycles. The molecule has 0 aromatic rings. The highest BCUT2D eigenvalue weighted by Crippen LogP contribution is 2.06. The molecule has 1 amide bonds. The summed E-state index contributed by atoms with van der Waals surface area (Å²) in [4.78, 5) is 10.5. The predicted molar refractivity (Wildman–Crippen MR) is 31.4 cm³/mol. The summed E-state index contributed by atoms with van der Waals surface area (Å²) in [6, 6.07) is -0.0671. The summed E-state index contributed by atoms with van der Waals surface area (Å²) in [6.07, 6.45) is 3.06. The Kier molecular flexibility index (Phi) is 1.82. The van der Waals surface area contributed by atoms with Crippen LogP contribution in [0.3, 0.4) is 0 Å². The standard InChI is InChI=1S/C6H8FNO/c7-4-3-5-1-2-6(9)8-5/h3-5H,1-2H2,(H,8,9). The molecule has 1 aliphatic rings. The zero-order valence-corrected chi connectivity index (χ0v) is 4.93. The lowest BCUT2D eigenvalue weighted by molar-refractivity contribution is -0.119. The monoisotopic (exact) mass is 129 g/mol. The predicted octanol–water partition coefficient (Wildman–Crippen LogP) is 0.748. The molecule has 1 saturated heterocycles. The van der Waals surface area contributed by atoms with Gasteiger partial charge in [-0.3, -0.25) is 4.79 Å². The van der Waals surface area contributed by atoms with E-state index in [1.165, 1.54) is 6.08 Å². The minimum Gasteiger partial charge on any atom is -0.350 e. The molecule has 50 valence electrons. The summed E-state index contributed by atoms with van der Waals surface area (Å²) < 4.78 is 11.4. The Bertz CT molecular complexity index is 144. The van der Waals surface area contributed by atoms with E-state index in [0.29, 0.717) is 12.8 Å². The molecule has 1 atom stereocenters. The van der Waals surface area contributed by atoms with Gasteiger partial charge in [0.2, 0.25) is 5.91 Å². The molecular weight excluding hydrogens is 121 g/mol. The Morgan fingerprint density at radius 1 is 1.78 bits per heavy atom. The van der Waals surface area contributed by atoms with Crippen LogP contribution in [0.15, 0.2) is 12.4 Å². The number of halogens is 1. The third-order valence-electron chi connectivity index (χ3n) is 1.33. The zero-order chi connectivity index (χ0) is 6.69. The molecule has 1 unspecified atom stereocenters. The number of rotatable bonds is 1. The fraction of sp³-hybridized carbons (Fsp3) is 0.500. The van der Waals surface area contributed by atoms with Gasteiger partial charge < -0.3 is 5.32 Å². The third-order valence-corrected chi connectivity index (χ3v) is 1.33. The second-order valence-corrected chi connectivity index (χ2v) is 2.03. The van der Waals surface area contributed by atoms with Gasteiger partial charge in [-0.2, -0.15) is 0 Å². The molecule has 0 aromatic carbocycles. The van der Waals surface area contributed by atoms with Crippen molar-refractivity contribution in [1.29, 1.82) is 0 Å². The van der Waals surface area contributed by atoms with Gasteiger partial charge in [0.05, 0.1) is 12.4 Å². The number of hydrogen-bond donors (Lipinski definition) is 1. The van der Waals surface area contributed by atoms with Gasteiger partial charge in [0.25, 0.3) is 0 Å². The Labute approximate surface area is 52.7 Å². The van der Waals surface area contributed by atoms with Crippen molar-refractivity contribution in [1.82, 2.24) is 5.32 Å². The van der Waals surface area contributed by atoms with Crippen molar-refractivity contribution in [3.05, 3.63) is 12.4 Å². The number of nitrogens with one attached hydrogen (secondary N) is 1. The van der Waals surface area contributed by atoms with E-state index in [2.05, 4.69) is 5.32 Å². The van der Waals surface area contributed by atoms with Crippen LogP contribution in [-0.4, -0.2) is 11.9 Å². The van der Waals surface area contributed by atoms with Gasteiger partial charge in [-0.05, 0) is 12.5 Å². The van der Waals surface area contributed by atoms with Crippen LogP contribution in [0.4, 0.5) is 4.39 Å². The first-order chi connectivity index (χ1) is 4.33. The second-order valence-electron chi connectivity index (χ2n) is 2.03. The maximum Gasteiger partial charge on any atom is 0.220 e. The largest absolute Gasteiger partial charge is 0.350 e. The van der Waals surface area contributed by atoms with Crippen LogP contribution in [-0.2, 0) is 4.79 Å². The van der Waals surface area contributed by atoms with Gasteiger partial charge in [0, 0.05) is 6.42 Å². The Hall–Kier alpha value is -0.860. The highest BCUT2D eigenvalue weighted by Gasteiger charge is 2.17. The van der Waals surface area contributed by atoms with Gasteiger partial charge in [0.1, 0.15) is 0 Å². The van der Waals surface area contributed by atoms with E-state index in [1.54, 1.807) is 0 Å². The molecule has 0 aromatic heterocycles. The van der Waals surface area contributed by atoms with E-state index in [1.807, 2.05) is 0 Å². The summed E-state index contributed by atoms with van der Waals surface area (Å²) >= 11 is 0. The first-order valence-corrected chi connectivity index (χ1v) is 2.89. The quantitative estimate of drug-likeness (QED) is 0.556. The van der Waals surface area contributed by atoms with Crippen molar-refractivity contribution in [3.8, 4) is 0 Å². The lowest BCUT2D eigenvalue weighted by Gasteiger charge is -1.98. The first-order valence-electron chi connectivity index (χ1n) is 2.89. The Morgan fingerprint density at radius 3 is 3.00 bits per heavy atom. The highest BCUT2D eigenvalue weighted by atomic mass is 19.1. The molecule has 1 fully saturated rings. The number of carbonyl (C=O) groups is 1. The third kappa shape index (κ3) is 1.52. The first kappa shape index (κ1) is 6.26. The Balaban J connectivity index is 2.39. The van der Waals surface area contributed by atoms with E-state index >= 15 is 0 Å². The van der Waals surface area contributed by atoms with Crippen LogP contribution in [0.1, 0.15) is 12.8 Å². The molecular formula is C6H8FNO. The van der Waals surface area contributed by atoms with Crippen molar-refractivity contribution in [2.24, 2.45) is 0 Å². The summed E-state index contributed by atoms with van der Waals surface area (Å²) in [7, 11) is 0. The summed E-state index contributed by atoms with van der Waals surface area (Å²) in [5.74, 6) is 0.0121. The molecule has 0 bridgehead atoms. The number of hydrogen-bond acceptors (Lipinski definition) is 1. The van der Waals surface area contributed by atoms with E-state index in [-0.39, 0.29) is 11.9 Å². The van der Waals surface area contributed by atoms with Crippen LogP contribution < -0.4 is 5.32 Å². The van der Waals surface area contributed by atoms with Crippen molar-refractivity contribution in [2.75, 3.05) is 0 Å². The SMILES string of the molecule is O=C1CCC(C=CF)N1. The molecule has 0 saturated carbocycles. The topological polar surface area (TPSA) is 29.1 Å². The van der Waals surface area contributed by atoms with Crippen molar-refractivity contribution >= 4 is 5.91 Å². The van der Waals surface area contributed by atoms with Crippen LogP contribution in [0.25, 0.3) is 0 Å². The lowest BCUT2D eigenvalue weighted by Crippen LogP contribution is -2.22. The number of amides is 1. The van der Waals surface area contributed by atoms with Crippen LogP contribution in [0, 0.1) is 0 Å². The normalized spacial score (nSPS) is 27.2. The lowest BCUT2D eigenvalue weighted by atomic mass is 10.2. The molecule has 0 radical (unpaired) electrons. The van der Waals surface area contributed by atoms with Gasteiger partial charge in [-0.15, -0.1) is 0 Å². The second kappa shape index (κ2) is 2.62. The van der Waals surface area contributed by atoms with E-state index in [0.717, 1.165) is 6.42 Å². The molecule has 9 heavy (non-hydrogen) atoms. The van der Waals surface area contributed by atoms with Gasteiger partial charge >= 0.3 is 0 Å². The molecule has 2 nitrogen and oxygen atoms in total. The summed E-state index contributed by atoms with van der Waals surface area (Å²) in [5.41, 5.74) is 0. The average Bonchev–Trinajstić information content (AvgIpc) is 2.17. The zero-order valence-electron chi connectivity index (χ0n) is 4.93. The van der Waals surface area contributed by atoms with Crippen LogP contribution >= 0.6 is 0 Å². The van der Waals surface area contributed by atoms with Gasteiger partial charge in [0.15, 0.2) is 0 Å². The van der Waals surface area contributed by atoms with Crippen molar-refractivity contribution in [3.63, 3.8) is 0 Å². The average molecular weight is 129 g/mol. The number of carbonyl (C=O) groups excluding carboxylic acids is 1.